The van der Waals surface area contributed by atoms with Gasteiger partial charge in [-0.1, -0.05) is 6.92 Å². The summed E-state index contributed by atoms with van der Waals surface area (Å²) in [6.07, 6.45) is 0.829. The summed E-state index contributed by atoms with van der Waals surface area (Å²) in [5.74, 6) is -2.14. The van der Waals surface area contributed by atoms with Crippen LogP contribution in [0.4, 0.5) is 14.5 Å². The lowest BCUT2D eigenvalue weighted by Crippen LogP contribution is -2.28. The maximum atomic E-state index is 15.5. The maximum Gasteiger partial charge on any atom is 0.342 e. The van der Waals surface area contributed by atoms with Crippen LogP contribution < -0.4 is 15.6 Å². The summed E-state index contributed by atoms with van der Waals surface area (Å²) >= 11 is 1.21. The molecule has 6 nitrogen and oxygen atoms in total. The Bertz CT molecular complexity index is 1020. The number of nitrogens with zero attached hydrogens (tertiary/aromatic N) is 2. The Labute approximate surface area is 164 Å². The second kappa shape index (κ2) is 7.36. The lowest BCUT2D eigenvalue weighted by molar-refractivity contribution is 0.0690. The number of aryl methyl sites for hydroxylation is 1. The molecule has 0 radical (unpaired) electrons. The molecular weight excluding hydrogens is 388 g/mol. The lowest BCUT2D eigenvalue weighted by atomic mass is 10.1. The molecule has 0 saturated carbocycles. The van der Waals surface area contributed by atoms with Crippen molar-refractivity contribution in [1.29, 1.82) is 0 Å². The van der Waals surface area contributed by atoms with Crippen LogP contribution in [-0.2, 0) is 6.54 Å². The van der Waals surface area contributed by atoms with Crippen molar-refractivity contribution in [1.82, 2.24) is 9.88 Å². The molecule has 1 unspecified atom stereocenters. The van der Waals surface area contributed by atoms with Crippen LogP contribution in [0.2, 0.25) is 0 Å². The smallest absolute Gasteiger partial charge is 0.342 e. The Morgan fingerprint density at radius 3 is 2.89 bits per heavy atom. The van der Waals surface area contributed by atoms with Crippen LogP contribution in [0.15, 0.2) is 15.9 Å². The third-order valence-corrected chi connectivity index (χ3v) is 6.51. The standard InChI is InChI=1S/C19H21F2N3O3S/c1-2-22-8-10-3-4-23(9-10)16-12(20)7-11-15(14(16)21)24-5-6-28-18(24)13(17(11)25)19(26)27/h7,10,22H,2-6,8-9H2,1H3,(H,26,27). The van der Waals surface area contributed by atoms with E-state index in [1.165, 1.54) is 16.3 Å². The number of halogens is 2. The summed E-state index contributed by atoms with van der Waals surface area (Å²) in [5.41, 5.74) is -1.37. The minimum atomic E-state index is -1.37. The van der Waals surface area contributed by atoms with Gasteiger partial charge < -0.3 is 19.9 Å². The van der Waals surface area contributed by atoms with E-state index in [9.17, 15) is 19.1 Å². The summed E-state index contributed by atoms with van der Waals surface area (Å²) in [6, 6.07) is 0.996. The number of anilines is 1. The second-order valence-corrected chi connectivity index (χ2v) is 8.22. The average Bonchev–Trinajstić information content (AvgIpc) is 3.29. The molecule has 0 aliphatic carbocycles. The maximum absolute atomic E-state index is 15.5. The fourth-order valence-electron chi connectivity index (χ4n) is 4.13. The molecule has 28 heavy (non-hydrogen) atoms. The molecule has 2 aliphatic rings. The highest BCUT2D eigenvalue weighted by molar-refractivity contribution is 7.99. The minimum Gasteiger partial charge on any atom is -0.477 e. The van der Waals surface area contributed by atoms with Gasteiger partial charge in [0.05, 0.1) is 15.9 Å². The fraction of sp³-hybridized carbons (Fsp3) is 0.474. The molecule has 3 heterocycles. The van der Waals surface area contributed by atoms with Crippen LogP contribution in [0.5, 0.6) is 0 Å². The van der Waals surface area contributed by atoms with Gasteiger partial charge in [-0.05, 0) is 31.5 Å². The molecule has 1 aromatic carbocycles. The van der Waals surface area contributed by atoms with Gasteiger partial charge in [0, 0.05) is 25.4 Å². The van der Waals surface area contributed by atoms with Crippen LogP contribution in [-0.4, -0.2) is 47.6 Å². The molecule has 150 valence electrons. The number of carboxylic acids is 1. The molecule has 0 spiro atoms. The first-order valence-corrected chi connectivity index (χ1v) is 10.3. The lowest BCUT2D eigenvalue weighted by Gasteiger charge is -2.22. The van der Waals surface area contributed by atoms with Crippen LogP contribution in [0.25, 0.3) is 10.9 Å². The highest BCUT2D eigenvalue weighted by Gasteiger charge is 2.32. The van der Waals surface area contributed by atoms with E-state index < -0.39 is 28.6 Å². The number of carbonyl (C=O) groups is 1. The Kier molecular flexibility index (Phi) is 5.05. The number of aromatic nitrogens is 1. The fourth-order valence-corrected chi connectivity index (χ4v) is 5.26. The van der Waals surface area contributed by atoms with Gasteiger partial charge in [-0.2, -0.15) is 0 Å². The monoisotopic (exact) mass is 409 g/mol. The van der Waals surface area contributed by atoms with Gasteiger partial charge >= 0.3 is 5.97 Å². The number of fused-ring (bicyclic) bond motifs is 3. The first-order chi connectivity index (χ1) is 13.4. The summed E-state index contributed by atoms with van der Waals surface area (Å²) in [6.45, 7) is 5.09. The number of aromatic carboxylic acids is 1. The predicted octanol–water partition coefficient (Wildman–Crippen LogP) is 2.52. The summed E-state index contributed by atoms with van der Waals surface area (Å²) < 4.78 is 31.9. The zero-order chi connectivity index (χ0) is 20.0. The van der Waals surface area contributed by atoms with E-state index in [0.717, 1.165) is 25.6 Å². The van der Waals surface area contributed by atoms with E-state index in [2.05, 4.69) is 5.32 Å². The number of thioether (sulfide) groups is 1. The van der Waals surface area contributed by atoms with Gasteiger partial charge in [0.1, 0.15) is 17.1 Å². The SMILES string of the molecule is CCNCC1CCN(c2c(F)cc3c(=O)c(C(=O)O)c4n(c3c2F)CCS4)C1. The van der Waals surface area contributed by atoms with Gasteiger partial charge in [-0.3, -0.25) is 4.79 Å². The number of hydrogen-bond acceptors (Lipinski definition) is 5. The molecule has 0 amide bonds. The van der Waals surface area contributed by atoms with Gasteiger partial charge in [0.15, 0.2) is 5.82 Å². The Hall–Kier alpha value is -2.13. The van der Waals surface area contributed by atoms with Gasteiger partial charge in [-0.25, -0.2) is 13.6 Å². The first kappa shape index (κ1) is 19.2. The van der Waals surface area contributed by atoms with Crippen LogP contribution in [0.1, 0.15) is 23.7 Å². The number of benzene rings is 1. The van der Waals surface area contributed by atoms with Gasteiger partial charge in [-0.15, -0.1) is 11.8 Å². The zero-order valence-electron chi connectivity index (χ0n) is 15.4. The number of hydrogen-bond donors (Lipinski definition) is 2. The van der Waals surface area contributed by atoms with Crippen molar-refractivity contribution in [2.24, 2.45) is 5.92 Å². The van der Waals surface area contributed by atoms with E-state index in [1.54, 1.807) is 4.90 Å². The largest absolute Gasteiger partial charge is 0.477 e. The van der Waals surface area contributed by atoms with Crippen molar-refractivity contribution < 1.29 is 18.7 Å². The highest BCUT2D eigenvalue weighted by atomic mass is 32.2. The van der Waals surface area contributed by atoms with Gasteiger partial charge in [0.25, 0.3) is 0 Å². The zero-order valence-corrected chi connectivity index (χ0v) is 16.2. The van der Waals surface area contributed by atoms with Crippen molar-refractivity contribution in [2.75, 3.05) is 36.8 Å². The van der Waals surface area contributed by atoms with E-state index in [4.69, 9.17) is 0 Å². The van der Waals surface area contributed by atoms with Crippen molar-refractivity contribution in [2.45, 2.75) is 24.9 Å². The normalized spacial score (nSPS) is 18.8. The number of pyridine rings is 1. The molecular formula is C19H21F2N3O3S. The predicted molar refractivity (Wildman–Crippen MR) is 105 cm³/mol. The van der Waals surface area contributed by atoms with Crippen LogP contribution >= 0.6 is 11.8 Å². The van der Waals surface area contributed by atoms with Crippen molar-refractivity contribution in [3.8, 4) is 0 Å². The van der Waals surface area contributed by atoms with E-state index in [1.807, 2.05) is 6.92 Å². The van der Waals surface area contributed by atoms with E-state index in [0.29, 0.717) is 31.3 Å². The third-order valence-electron chi connectivity index (χ3n) is 5.42. The Balaban J connectivity index is 1.87. The molecule has 1 fully saturated rings. The van der Waals surface area contributed by atoms with Crippen molar-refractivity contribution >= 4 is 34.3 Å². The summed E-state index contributed by atoms with van der Waals surface area (Å²) in [4.78, 5) is 25.9. The summed E-state index contributed by atoms with van der Waals surface area (Å²) in [5, 5.41) is 12.7. The summed E-state index contributed by atoms with van der Waals surface area (Å²) in [7, 11) is 0. The number of carboxylic acid groups (broad SMARTS) is 1. The van der Waals surface area contributed by atoms with Crippen molar-refractivity contribution in [3.63, 3.8) is 0 Å². The molecule has 2 aromatic rings. The molecule has 1 aromatic heterocycles. The number of rotatable bonds is 5. The quantitative estimate of drug-likeness (QED) is 0.791. The Morgan fingerprint density at radius 1 is 1.39 bits per heavy atom. The molecule has 1 atom stereocenters. The van der Waals surface area contributed by atoms with Crippen LogP contribution in [0.3, 0.4) is 0 Å². The second-order valence-electron chi connectivity index (χ2n) is 7.14. The average molecular weight is 409 g/mol. The molecule has 0 bridgehead atoms. The Morgan fingerprint density at radius 2 is 2.18 bits per heavy atom. The molecule has 1 saturated heterocycles. The molecule has 4 rings (SSSR count). The van der Waals surface area contributed by atoms with Crippen molar-refractivity contribution in [3.05, 3.63) is 33.5 Å². The molecule has 2 N–H and O–H groups in total. The van der Waals surface area contributed by atoms with E-state index in [-0.39, 0.29) is 21.6 Å². The topological polar surface area (TPSA) is 74.6 Å². The minimum absolute atomic E-state index is 0.00142. The molecule has 9 heteroatoms. The third kappa shape index (κ3) is 2.97. The molecule has 2 aliphatic heterocycles. The highest BCUT2D eigenvalue weighted by Crippen LogP contribution is 2.37. The number of nitrogens with one attached hydrogen (secondary N) is 1. The first-order valence-electron chi connectivity index (χ1n) is 9.34. The van der Waals surface area contributed by atoms with E-state index >= 15 is 4.39 Å². The van der Waals surface area contributed by atoms with Gasteiger partial charge in [0.2, 0.25) is 5.43 Å². The van der Waals surface area contributed by atoms with Crippen LogP contribution in [0, 0.1) is 17.6 Å².